The fourth-order valence-corrected chi connectivity index (χ4v) is 5.54. The van der Waals surface area contributed by atoms with Crippen LogP contribution in [0.3, 0.4) is 0 Å². The fraction of sp³-hybridized carbons (Fsp3) is 0.400. The van der Waals surface area contributed by atoms with Crippen molar-refractivity contribution in [3.63, 3.8) is 0 Å². The standard InChI is InChI=1S/C25H28ClN3O/c1-16-17(2)27(3)24-19(12-20(26)13-21(16)24)15-29-23-11-7-6-10-22(23)28(25(29)30)14-18-8-4-5-9-18/h6-7,10-13,18H,4-5,8-9,14-15H2,1-3H3. The van der Waals surface area contributed by atoms with Gasteiger partial charge in [-0.3, -0.25) is 9.13 Å². The summed E-state index contributed by atoms with van der Waals surface area (Å²) in [4.78, 5) is 13.5. The molecule has 0 saturated heterocycles. The van der Waals surface area contributed by atoms with E-state index in [1.807, 2.05) is 33.4 Å². The summed E-state index contributed by atoms with van der Waals surface area (Å²) >= 11 is 6.50. The van der Waals surface area contributed by atoms with Gasteiger partial charge in [-0.25, -0.2) is 4.79 Å². The van der Waals surface area contributed by atoms with Crippen molar-refractivity contribution in [2.75, 3.05) is 0 Å². The summed E-state index contributed by atoms with van der Waals surface area (Å²) in [6.45, 7) is 5.61. The van der Waals surface area contributed by atoms with E-state index in [-0.39, 0.29) is 5.69 Å². The zero-order chi connectivity index (χ0) is 21.0. The minimum Gasteiger partial charge on any atom is -0.347 e. The molecule has 0 atom stereocenters. The lowest BCUT2D eigenvalue weighted by Gasteiger charge is -2.10. The lowest BCUT2D eigenvalue weighted by atomic mass is 10.1. The number of aryl methyl sites for hydroxylation is 2. The van der Waals surface area contributed by atoms with Crippen molar-refractivity contribution in [2.24, 2.45) is 13.0 Å². The van der Waals surface area contributed by atoms with Crippen LogP contribution >= 0.6 is 11.6 Å². The summed E-state index contributed by atoms with van der Waals surface area (Å²) in [5.41, 5.74) is 6.83. The molecule has 1 fully saturated rings. The number of aromatic nitrogens is 3. The van der Waals surface area contributed by atoms with Crippen LogP contribution in [0.15, 0.2) is 41.2 Å². The Kier molecular flexibility index (Phi) is 4.78. The summed E-state index contributed by atoms with van der Waals surface area (Å²) < 4.78 is 6.14. The van der Waals surface area contributed by atoms with Crippen molar-refractivity contribution >= 4 is 33.5 Å². The summed E-state index contributed by atoms with van der Waals surface area (Å²) in [6.07, 6.45) is 5.01. The lowest BCUT2D eigenvalue weighted by molar-refractivity contribution is 0.452. The molecule has 4 nitrogen and oxygen atoms in total. The molecule has 2 aromatic heterocycles. The molecule has 156 valence electrons. The smallest absolute Gasteiger partial charge is 0.329 e. The molecule has 30 heavy (non-hydrogen) atoms. The number of halogens is 1. The first-order valence-electron chi connectivity index (χ1n) is 10.9. The summed E-state index contributed by atoms with van der Waals surface area (Å²) in [5, 5.41) is 1.88. The van der Waals surface area contributed by atoms with Crippen LogP contribution in [0.5, 0.6) is 0 Å². The average molecular weight is 422 g/mol. The van der Waals surface area contributed by atoms with E-state index in [4.69, 9.17) is 11.6 Å². The highest BCUT2D eigenvalue weighted by Gasteiger charge is 2.21. The molecule has 0 radical (unpaired) electrons. The third-order valence-corrected chi connectivity index (χ3v) is 7.33. The molecule has 1 aliphatic carbocycles. The maximum absolute atomic E-state index is 13.5. The van der Waals surface area contributed by atoms with Crippen molar-refractivity contribution in [3.05, 3.63) is 68.7 Å². The molecule has 0 amide bonds. The molecule has 2 heterocycles. The number of imidazole rings is 1. The quantitative estimate of drug-likeness (QED) is 0.409. The van der Waals surface area contributed by atoms with Gasteiger partial charge >= 0.3 is 5.69 Å². The molecule has 2 aromatic carbocycles. The summed E-state index contributed by atoms with van der Waals surface area (Å²) in [7, 11) is 2.09. The minimum absolute atomic E-state index is 0.0823. The van der Waals surface area contributed by atoms with E-state index >= 15 is 0 Å². The molecule has 0 bridgehead atoms. The van der Waals surface area contributed by atoms with Crippen LogP contribution in [0.4, 0.5) is 0 Å². The van der Waals surface area contributed by atoms with Crippen molar-refractivity contribution in [1.82, 2.24) is 13.7 Å². The molecule has 1 aliphatic rings. The number of hydrogen-bond acceptors (Lipinski definition) is 1. The summed E-state index contributed by atoms with van der Waals surface area (Å²) in [5.74, 6) is 0.609. The molecule has 0 unspecified atom stereocenters. The molecule has 4 aromatic rings. The number of rotatable bonds is 4. The largest absolute Gasteiger partial charge is 0.347 e. The number of nitrogens with zero attached hydrogens (tertiary/aromatic N) is 3. The monoisotopic (exact) mass is 421 g/mol. The molecule has 1 saturated carbocycles. The Hall–Kier alpha value is -2.46. The van der Waals surface area contributed by atoms with E-state index in [2.05, 4.69) is 37.6 Å². The Morgan fingerprint density at radius 2 is 1.70 bits per heavy atom. The second-order valence-corrected chi connectivity index (χ2v) is 9.29. The second-order valence-electron chi connectivity index (χ2n) is 8.85. The normalized spacial score (nSPS) is 15.1. The Morgan fingerprint density at radius 3 is 2.40 bits per heavy atom. The van der Waals surface area contributed by atoms with Crippen LogP contribution in [0, 0.1) is 19.8 Å². The van der Waals surface area contributed by atoms with Gasteiger partial charge in [0.15, 0.2) is 0 Å². The van der Waals surface area contributed by atoms with Gasteiger partial charge in [0.25, 0.3) is 0 Å². The van der Waals surface area contributed by atoms with Gasteiger partial charge in [-0.2, -0.15) is 0 Å². The van der Waals surface area contributed by atoms with Crippen LogP contribution in [0.1, 0.15) is 42.5 Å². The minimum atomic E-state index is 0.0823. The van der Waals surface area contributed by atoms with E-state index in [1.165, 1.54) is 42.3 Å². The number of benzene rings is 2. The number of fused-ring (bicyclic) bond motifs is 2. The highest BCUT2D eigenvalue weighted by molar-refractivity contribution is 6.31. The third kappa shape index (κ3) is 3.01. The molecule has 0 N–H and O–H groups in total. The third-order valence-electron chi connectivity index (χ3n) is 7.11. The fourth-order valence-electron chi connectivity index (χ4n) is 5.30. The van der Waals surface area contributed by atoms with Gasteiger partial charge in [0.05, 0.1) is 23.1 Å². The van der Waals surface area contributed by atoms with Gasteiger partial charge in [-0.15, -0.1) is 0 Å². The summed E-state index contributed by atoms with van der Waals surface area (Å²) in [6, 6.07) is 12.2. The van der Waals surface area contributed by atoms with Crippen molar-refractivity contribution in [3.8, 4) is 0 Å². The van der Waals surface area contributed by atoms with Crippen LogP contribution in [0.2, 0.25) is 5.02 Å². The van der Waals surface area contributed by atoms with Crippen molar-refractivity contribution in [1.29, 1.82) is 0 Å². The lowest BCUT2D eigenvalue weighted by Crippen LogP contribution is -2.27. The Labute approximate surface area is 181 Å². The van der Waals surface area contributed by atoms with E-state index in [0.29, 0.717) is 17.5 Å². The predicted molar refractivity (Wildman–Crippen MR) is 125 cm³/mol. The topological polar surface area (TPSA) is 31.9 Å². The molecule has 5 heteroatoms. The van der Waals surface area contributed by atoms with Gasteiger partial charge in [0, 0.05) is 29.7 Å². The van der Waals surface area contributed by atoms with Gasteiger partial charge in [0.2, 0.25) is 0 Å². The van der Waals surface area contributed by atoms with Crippen LogP contribution in [0.25, 0.3) is 21.9 Å². The van der Waals surface area contributed by atoms with E-state index in [1.54, 1.807) is 0 Å². The van der Waals surface area contributed by atoms with Crippen LogP contribution < -0.4 is 5.69 Å². The maximum Gasteiger partial charge on any atom is 0.329 e. The average Bonchev–Trinajstić information content (AvgIpc) is 3.40. The van der Waals surface area contributed by atoms with Crippen molar-refractivity contribution < 1.29 is 0 Å². The Balaban J connectivity index is 1.67. The number of para-hydroxylation sites is 2. The van der Waals surface area contributed by atoms with Crippen LogP contribution in [-0.4, -0.2) is 13.7 Å². The SMILES string of the molecule is Cc1c(C)n(C)c2c(Cn3c(=O)n(CC4CCCC4)c4ccccc43)cc(Cl)cc12. The van der Waals surface area contributed by atoms with Gasteiger partial charge in [-0.1, -0.05) is 36.6 Å². The number of hydrogen-bond donors (Lipinski definition) is 0. The van der Waals surface area contributed by atoms with Gasteiger partial charge in [-0.05, 0) is 68.0 Å². The van der Waals surface area contributed by atoms with Gasteiger partial charge in [0.1, 0.15) is 0 Å². The maximum atomic E-state index is 13.5. The first-order valence-corrected chi connectivity index (χ1v) is 11.3. The van der Waals surface area contributed by atoms with E-state index in [9.17, 15) is 4.79 Å². The first kappa shape index (κ1) is 19.5. The zero-order valence-corrected chi connectivity index (χ0v) is 18.7. The molecular formula is C25H28ClN3O. The highest BCUT2D eigenvalue weighted by atomic mass is 35.5. The van der Waals surface area contributed by atoms with Crippen molar-refractivity contribution in [2.45, 2.75) is 52.6 Å². The van der Waals surface area contributed by atoms with E-state index in [0.717, 1.165) is 28.7 Å². The molecule has 0 aliphatic heterocycles. The first-order chi connectivity index (χ1) is 14.5. The Bertz CT molecular complexity index is 1320. The molecular weight excluding hydrogens is 394 g/mol. The Morgan fingerprint density at radius 1 is 1.03 bits per heavy atom. The molecule has 0 spiro atoms. The predicted octanol–water partition coefficient (Wildman–Crippen LogP) is 5.80. The van der Waals surface area contributed by atoms with E-state index < -0.39 is 0 Å². The van der Waals surface area contributed by atoms with Gasteiger partial charge < -0.3 is 4.57 Å². The zero-order valence-electron chi connectivity index (χ0n) is 17.9. The van der Waals surface area contributed by atoms with Crippen LogP contribution in [-0.2, 0) is 20.1 Å². The second kappa shape index (κ2) is 7.35. The highest BCUT2D eigenvalue weighted by Crippen LogP contribution is 2.32. The molecule has 5 rings (SSSR count).